The lowest BCUT2D eigenvalue weighted by molar-refractivity contribution is 0.157. The van der Waals surface area contributed by atoms with Gasteiger partial charge < -0.3 is 4.90 Å². The van der Waals surface area contributed by atoms with Crippen LogP contribution in [-0.2, 0) is 0 Å². The number of piperidine rings is 1. The molecule has 0 atom stereocenters. The van der Waals surface area contributed by atoms with Crippen LogP contribution < -0.4 is 0 Å². The van der Waals surface area contributed by atoms with Crippen molar-refractivity contribution in [1.82, 2.24) is 4.90 Å². The van der Waals surface area contributed by atoms with Crippen molar-refractivity contribution in [2.24, 2.45) is 17.3 Å². The van der Waals surface area contributed by atoms with E-state index in [1.165, 1.54) is 64.6 Å². The molecule has 0 amide bonds. The normalized spacial score (nSPS) is 25.2. The molecule has 1 aliphatic heterocycles. The predicted molar refractivity (Wildman–Crippen MR) is 84.3 cm³/mol. The quantitative estimate of drug-likeness (QED) is 0.656. The number of allylic oxidation sites excluding steroid dienone is 2. The van der Waals surface area contributed by atoms with E-state index in [0.29, 0.717) is 5.41 Å². The van der Waals surface area contributed by atoms with Gasteiger partial charge in [-0.1, -0.05) is 52.2 Å². The third kappa shape index (κ3) is 5.69. The average Bonchev–Trinajstić information content (AvgIpc) is 2.38. The highest BCUT2D eigenvalue weighted by Crippen LogP contribution is 2.27. The topological polar surface area (TPSA) is 3.24 Å². The summed E-state index contributed by atoms with van der Waals surface area (Å²) in [5.41, 5.74) is 0.346. The van der Waals surface area contributed by atoms with E-state index in [2.05, 4.69) is 37.8 Å². The summed E-state index contributed by atoms with van der Waals surface area (Å²) < 4.78 is 0. The van der Waals surface area contributed by atoms with Gasteiger partial charge in [-0.3, -0.25) is 0 Å². The lowest BCUT2D eigenvalue weighted by Crippen LogP contribution is -2.37. The molecular weight excluding hydrogens is 230 g/mol. The first-order chi connectivity index (χ1) is 9.03. The van der Waals surface area contributed by atoms with Crippen LogP contribution in [0, 0.1) is 17.3 Å². The molecule has 2 aliphatic rings. The van der Waals surface area contributed by atoms with Crippen molar-refractivity contribution in [1.29, 1.82) is 0 Å². The van der Waals surface area contributed by atoms with Crippen LogP contribution in [0.3, 0.4) is 0 Å². The molecule has 1 aliphatic carbocycles. The Morgan fingerprint density at radius 2 is 1.58 bits per heavy atom. The summed E-state index contributed by atoms with van der Waals surface area (Å²) in [6, 6.07) is 0. The van der Waals surface area contributed by atoms with Crippen molar-refractivity contribution in [3.8, 4) is 0 Å². The Hall–Kier alpha value is -0.300. The van der Waals surface area contributed by atoms with Gasteiger partial charge >= 0.3 is 0 Å². The lowest BCUT2D eigenvalue weighted by atomic mass is 9.87. The van der Waals surface area contributed by atoms with Crippen molar-refractivity contribution >= 4 is 0 Å². The second-order valence-corrected chi connectivity index (χ2v) is 7.87. The molecule has 1 saturated heterocycles. The van der Waals surface area contributed by atoms with Gasteiger partial charge in [0.25, 0.3) is 0 Å². The smallest absolute Gasteiger partial charge is 0.000966 e. The highest BCUT2D eigenvalue weighted by Gasteiger charge is 2.21. The monoisotopic (exact) mass is 263 g/mol. The van der Waals surface area contributed by atoms with Gasteiger partial charge in [-0.25, -0.2) is 0 Å². The van der Waals surface area contributed by atoms with E-state index in [1.807, 2.05) is 0 Å². The molecule has 1 saturated carbocycles. The molecule has 2 rings (SSSR count). The van der Waals surface area contributed by atoms with E-state index in [-0.39, 0.29) is 0 Å². The van der Waals surface area contributed by atoms with Crippen molar-refractivity contribution in [2.75, 3.05) is 19.6 Å². The number of nitrogens with zero attached hydrogens (tertiary/aromatic N) is 1. The minimum Gasteiger partial charge on any atom is -0.303 e. The van der Waals surface area contributed by atoms with E-state index in [1.54, 1.807) is 0 Å². The van der Waals surface area contributed by atoms with Crippen LogP contribution >= 0.6 is 0 Å². The Morgan fingerprint density at radius 1 is 0.947 bits per heavy atom. The SMILES string of the molecule is CC(C)(C)/C=C/C1CCN(CC2CCCCC2)CC1. The van der Waals surface area contributed by atoms with Gasteiger partial charge in [-0.15, -0.1) is 0 Å². The first-order valence-electron chi connectivity index (χ1n) is 8.45. The molecule has 110 valence electrons. The average molecular weight is 263 g/mol. The number of hydrogen-bond acceptors (Lipinski definition) is 1. The maximum Gasteiger partial charge on any atom is 0.000966 e. The summed E-state index contributed by atoms with van der Waals surface area (Å²) in [6.07, 6.45) is 15.1. The Balaban J connectivity index is 1.68. The highest BCUT2D eigenvalue weighted by atomic mass is 15.1. The summed E-state index contributed by atoms with van der Waals surface area (Å²) in [6.45, 7) is 10.9. The molecule has 0 N–H and O–H groups in total. The Morgan fingerprint density at radius 3 is 2.16 bits per heavy atom. The van der Waals surface area contributed by atoms with Crippen LogP contribution in [0.4, 0.5) is 0 Å². The summed E-state index contributed by atoms with van der Waals surface area (Å²) in [5, 5.41) is 0. The maximum atomic E-state index is 2.73. The second-order valence-electron chi connectivity index (χ2n) is 7.87. The molecule has 1 heteroatoms. The van der Waals surface area contributed by atoms with Gasteiger partial charge in [-0.2, -0.15) is 0 Å². The predicted octanol–water partition coefficient (Wildman–Crippen LogP) is 4.88. The van der Waals surface area contributed by atoms with E-state index in [4.69, 9.17) is 0 Å². The fraction of sp³-hybridized carbons (Fsp3) is 0.889. The Kier molecular flexibility index (Phi) is 5.50. The largest absolute Gasteiger partial charge is 0.303 e. The first-order valence-corrected chi connectivity index (χ1v) is 8.45. The summed E-state index contributed by atoms with van der Waals surface area (Å²) in [4.78, 5) is 2.73. The molecule has 0 radical (unpaired) electrons. The molecule has 1 heterocycles. The summed E-state index contributed by atoms with van der Waals surface area (Å²) >= 11 is 0. The van der Waals surface area contributed by atoms with Gasteiger partial charge in [-0.05, 0) is 56.0 Å². The maximum absolute atomic E-state index is 2.73. The fourth-order valence-electron chi connectivity index (χ4n) is 3.49. The van der Waals surface area contributed by atoms with Gasteiger partial charge in [0.15, 0.2) is 0 Å². The van der Waals surface area contributed by atoms with E-state index in [0.717, 1.165) is 11.8 Å². The molecule has 0 bridgehead atoms. The third-order valence-electron chi connectivity index (χ3n) is 4.74. The minimum atomic E-state index is 0.346. The second kappa shape index (κ2) is 6.92. The number of likely N-dealkylation sites (tertiary alicyclic amines) is 1. The van der Waals surface area contributed by atoms with Crippen LogP contribution in [0.15, 0.2) is 12.2 Å². The number of hydrogen-bond donors (Lipinski definition) is 0. The summed E-state index contributed by atoms with van der Waals surface area (Å²) in [5.74, 6) is 1.84. The van der Waals surface area contributed by atoms with Crippen LogP contribution in [0.25, 0.3) is 0 Å². The molecule has 0 spiro atoms. The van der Waals surface area contributed by atoms with E-state index in [9.17, 15) is 0 Å². The fourth-order valence-corrected chi connectivity index (χ4v) is 3.49. The third-order valence-corrected chi connectivity index (χ3v) is 4.74. The van der Waals surface area contributed by atoms with Crippen molar-refractivity contribution in [2.45, 2.75) is 65.7 Å². The molecule has 0 unspecified atom stereocenters. The minimum absolute atomic E-state index is 0.346. The molecule has 0 aromatic rings. The first kappa shape index (κ1) is 15.1. The van der Waals surface area contributed by atoms with Gasteiger partial charge in [0.05, 0.1) is 0 Å². The molecule has 1 nitrogen and oxygen atoms in total. The molecule has 2 fully saturated rings. The van der Waals surface area contributed by atoms with Gasteiger partial charge in [0.2, 0.25) is 0 Å². The van der Waals surface area contributed by atoms with Crippen LogP contribution in [0.5, 0.6) is 0 Å². The zero-order valence-electron chi connectivity index (χ0n) is 13.3. The van der Waals surface area contributed by atoms with Crippen LogP contribution in [0.2, 0.25) is 0 Å². The van der Waals surface area contributed by atoms with Crippen molar-refractivity contribution in [3.63, 3.8) is 0 Å². The lowest BCUT2D eigenvalue weighted by Gasteiger charge is -2.34. The molecule has 0 aromatic heterocycles. The van der Waals surface area contributed by atoms with Gasteiger partial charge in [0, 0.05) is 6.54 Å². The van der Waals surface area contributed by atoms with E-state index >= 15 is 0 Å². The van der Waals surface area contributed by atoms with Crippen molar-refractivity contribution in [3.05, 3.63) is 12.2 Å². The molecule has 19 heavy (non-hydrogen) atoms. The van der Waals surface area contributed by atoms with E-state index < -0.39 is 0 Å². The van der Waals surface area contributed by atoms with Crippen LogP contribution in [-0.4, -0.2) is 24.5 Å². The number of rotatable bonds is 3. The van der Waals surface area contributed by atoms with Crippen LogP contribution in [0.1, 0.15) is 65.7 Å². The Bertz CT molecular complexity index is 273. The Labute approximate surface area is 120 Å². The summed E-state index contributed by atoms with van der Waals surface area (Å²) in [7, 11) is 0. The van der Waals surface area contributed by atoms with Gasteiger partial charge in [0.1, 0.15) is 0 Å². The van der Waals surface area contributed by atoms with Crippen molar-refractivity contribution < 1.29 is 0 Å². The standard InChI is InChI=1S/C18H33N/c1-18(2,3)12-9-16-10-13-19(14-11-16)15-17-7-5-4-6-8-17/h9,12,16-17H,4-8,10-11,13-15H2,1-3H3/b12-9+. The molecule has 0 aromatic carbocycles. The highest BCUT2D eigenvalue weighted by molar-refractivity contribution is 4.97. The zero-order chi connectivity index (χ0) is 13.7. The zero-order valence-corrected chi connectivity index (χ0v) is 13.3. The molecular formula is C18H33N.